The van der Waals surface area contributed by atoms with Crippen molar-refractivity contribution >= 4 is 35.7 Å². The van der Waals surface area contributed by atoms with Crippen molar-refractivity contribution in [1.29, 1.82) is 0 Å². The van der Waals surface area contributed by atoms with Crippen LogP contribution in [0.3, 0.4) is 0 Å². The molecular formula is C25H36N6O6. The Balaban J connectivity index is 3.03. The Bertz CT molecular complexity index is 999. The van der Waals surface area contributed by atoms with Gasteiger partial charge in [0.15, 0.2) is 0 Å². The van der Waals surface area contributed by atoms with Crippen molar-refractivity contribution in [2.45, 2.75) is 57.7 Å². The lowest BCUT2D eigenvalue weighted by Crippen LogP contribution is -2.54. The SMILES string of the molecule is CN(C)CC(=O)NCC(=O)N[C@@H](Cc1ccccc1)C(=O)N[C@@H](CCC(=O)C=[N+]=[N-])C(=O)OC(C)(C)C. The fourth-order valence-corrected chi connectivity index (χ4v) is 3.14. The highest BCUT2D eigenvalue weighted by atomic mass is 16.6. The van der Waals surface area contributed by atoms with E-state index in [1.54, 1.807) is 64.0 Å². The lowest BCUT2D eigenvalue weighted by molar-refractivity contribution is -0.159. The Labute approximate surface area is 216 Å². The number of nitrogens with one attached hydrogen (secondary N) is 3. The number of nitrogens with zero attached hydrogens (tertiary/aromatic N) is 3. The van der Waals surface area contributed by atoms with Crippen LogP contribution in [-0.4, -0.2) is 90.2 Å². The molecule has 1 aromatic carbocycles. The highest BCUT2D eigenvalue weighted by molar-refractivity contribution is 6.25. The van der Waals surface area contributed by atoms with Crippen LogP contribution in [0.5, 0.6) is 0 Å². The van der Waals surface area contributed by atoms with Gasteiger partial charge in [-0.15, -0.1) is 0 Å². The van der Waals surface area contributed by atoms with Crippen molar-refractivity contribution < 1.29 is 33.5 Å². The highest BCUT2D eigenvalue weighted by Crippen LogP contribution is 2.12. The molecule has 0 spiro atoms. The normalized spacial score (nSPS) is 12.5. The van der Waals surface area contributed by atoms with Gasteiger partial charge in [0.1, 0.15) is 17.7 Å². The topological polar surface area (TPSA) is 170 Å². The minimum absolute atomic E-state index is 0.0957. The molecule has 202 valence electrons. The molecule has 0 aliphatic carbocycles. The molecule has 0 saturated carbocycles. The molecule has 3 N–H and O–H groups in total. The second-order valence-electron chi connectivity index (χ2n) is 9.67. The molecular weight excluding hydrogens is 480 g/mol. The van der Waals surface area contributed by atoms with Gasteiger partial charge in [0.2, 0.25) is 23.5 Å². The molecule has 2 atom stereocenters. The largest absolute Gasteiger partial charge is 0.458 e. The molecule has 0 radical (unpaired) electrons. The van der Waals surface area contributed by atoms with Crippen molar-refractivity contribution in [3.05, 3.63) is 41.4 Å². The maximum Gasteiger partial charge on any atom is 0.329 e. The number of ether oxygens (including phenoxy) is 1. The van der Waals surface area contributed by atoms with Crippen LogP contribution in [-0.2, 0) is 35.1 Å². The molecule has 0 heterocycles. The van der Waals surface area contributed by atoms with Crippen molar-refractivity contribution in [1.82, 2.24) is 20.9 Å². The van der Waals surface area contributed by atoms with Crippen molar-refractivity contribution in [3.8, 4) is 0 Å². The van der Waals surface area contributed by atoms with E-state index in [1.165, 1.54) is 0 Å². The summed E-state index contributed by atoms with van der Waals surface area (Å²) in [6.07, 6.45) is 0.512. The van der Waals surface area contributed by atoms with Crippen LogP contribution < -0.4 is 16.0 Å². The first-order valence-electron chi connectivity index (χ1n) is 11.8. The summed E-state index contributed by atoms with van der Waals surface area (Å²) in [5, 5.41) is 7.65. The molecule has 1 rings (SSSR count). The third-order valence-electron chi connectivity index (χ3n) is 4.73. The monoisotopic (exact) mass is 516 g/mol. The Hall–Kier alpha value is -3.89. The number of Topliss-reactive ketones (excluding diaryl/α,β-unsaturated/α-hetero) is 1. The number of likely N-dealkylation sites (N-methyl/N-ethyl adjacent to an activating group) is 1. The van der Waals surface area contributed by atoms with Crippen LogP contribution >= 0.6 is 0 Å². The number of hydrogen-bond donors (Lipinski definition) is 3. The zero-order chi connectivity index (χ0) is 28.0. The second-order valence-corrected chi connectivity index (χ2v) is 9.67. The average Bonchev–Trinajstić information content (AvgIpc) is 2.79. The summed E-state index contributed by atoms with van der Waals surface area (Å²) < 4.78 is 5.38. The van der Waals surface area contributed by atoms with Gasteiger partial charge in [-0.1, -0.05) is 30.3 Å². The van der Waals surface area contributed by atoms with Gasteiger partial charge in [-0.2, -0.15) is 4.79 Å². The van der Waals surface area contributed by atoms with Gasteiger partial charge in [-0.25, -0.2) is 4.79 Å². The summed E-state index contributed by atoms with van der Waals surface area (Å²) in [6.45, 7) is 4.75. The Morgan fingerprint density at radius 2 is 1.68 bits per heavy atom. The summed E-state index contributed by atoms with van der Waals surface area (Å²) in [6, 6.07) is 6.66. The second kappa shape index (κ2) is 15.3. The fourth-order valence-electron chi connectivity index (χ4n) is 3.14. The van der Waals surface area contributed by atoms with Crippen LogP contribution in [0.4, 0.5) is 0 Å². The predicted octanol–water partition coefficient (Wildman–Crippen LogP) is -0.132. The lowest BCUT2D eigenvalue weighted by atomic mass is 10.0. The number of esters is 1. The molecule has 0 unspecified atom stereocenters. The number of ketones is 1. The summed E-state index contributed by atoms with van der Waals surface area (Å²) in [7, 11) is 3.43. The highest BCUT2D eigenvalue weighted by Gasteiger charge is 2.30. The zero-order valence-corrected chi connectivity index (χ0v) is 21.9. The van der Waals surface area contributed by atoms with Crippen LogP contribution in [0.1, 0.15) is 39.2 Å². The minimum atomic E-state index is -1.20. The van der Waals surface area contributed by atoms with E-state index in [-0.39, 0.29) is 38.3 Å². The smallest absolute Gasteiger partial charge is 0.329 e. The van der Waals surface area contributed by atoms with Gasteiger partial charge in [-0.05, 0) is 46.9 Å². The van der Waals surface area contributed by atoms with E-state index in [2.05, 4.69) is 20.7 Å². The Morgan fingerprint density at radius 1 is 1.03 bits per heavy atom. The number of carbonyl (C=O) groups excluding carboxylic acids is 5. The molecule has 0 aromatic heterocycles. The third-order valence-corrected chi connectivity index (χ3v) is 4.73. The summed E-state index contributed by atoms with van der Waals surface area (Å²) in [5.74, 6) is -2.92. The Morgan fingerprint density at radius 3 is 2.24 bits per heavy atom. The van der Waals surface area contributed by atoms with Gasteiger partial charge in [0.25, 0.3) is 0 Å². The molecule has 0 fully saturated rings. The number of amides is 3. The standard InChI is InChI=1S/C25H36N6O6/c1-25(2,3)37-24(36)19(12-11-18(32)14-28-26)30-23(35)20(13-17-9-7-6-8-10-17)29-21(33)15-27-22(34)16-31(4)5/h6-10,14,19-20H,11-13,15-16H2,1-5H3,(H,27,34)(H,29,33)(H,30,35)/t19-,20-/m0/s1. The number of hydrogen-bond acceptors (Lipinski definition) is 7. The van der Waals surface area contributed by atoms with Gasteiger partial charge >= 0.3 is 12.2 Å². The number of rotatable bonds is 14. The molecule has 12 nitrogen and oxygen atoms in total. The molecule has 0 saturated heterocycles. The van der Waals surface area contributed by atoms with E-state index in [4.69, 9.17) is 10.3 Å². The molecule has 3 amide bonds. The lowest BCUT2D eigenvalue weighted by Gasteiger charge is -2.26. The Kier molecular flexibility index (Phi) is 12.9. The van der Waals surface area contributed by atoms with Crippen LogP contribution in [0.25, 0.3) is 5.53 Å². The minimum Gasteiger partial charge on any atom is -0.458 e. The maximum atomic E-state index is 13.2. The predicted molar refractivity (Wildman–Crippen MR) is 135 cm³/mol. The van der Waals surface area contributed by atoms with E-state index >= 15 is 0 Å². The molecule has 37 heavy (non-hydrogen) atoms. The first-order valence-corrected chi connectivity index (χ1v) is 11.8. The first kappa shape index (κ1) is 31.1. The van der Waals surface area contributed by atoms with Crippen molar-refractivity contribution in [3.63, 3.8) is 0 Å². The number of benzene rings is 1. The molecule has 0 bridgehead atoms. The van der Waals surface area contributed by atoms with Crippen molar-refractivity contribution in [2.24, 2.45) is 0 Å². The third kappa shape index (κ3) is 13.7. The van der Waals surface area contributed by atoms with E-state index < -0.39 is 41.3 Å². The van der Waals surface area contributed by atoms with Gasteiger partial charge in [-0.3, -0.25) is 19.2 Å². The maximum absolute atomic E-state index is 13.2. The molecule has 12 heteroatoms. The van der Waals surface area contributed by atoms with E-state index in [0.29, 0.717) is 6.21 Å². The summed E-state index contributed by atoms with van der Waals surface area (Å²) >= 11 is 0. The van der Waals surface area contributed by atoms with Crippen molar-refractivity contribution in [2.75, 3.05) is 27.2 Å². The van der Waals surface area contributed by atoms with Crippen LogP contribution in [0.2, 0.25) is 0 Å². The fraction of sp³-hybridized carbons (Fsp3) is 0.520. The van der Waals surface area contributed by atoms with Gasteiger partial charge in [0.05, 0.1) is 13.1 Å². The van der Waals surface area contributed by atoms with Crippen LogP contribution in [0, 0.1) is 0 Å². The summed E-state index contributed by atoms with van der Waals surface area (Å²) in [4.78, 5) is 66.5. The number of carbonyl (C=O) groups is 5. The molecule has 0 aliphatic heterocycles. The van der Waals surface area contributed by atoms with E-state index in [1.807, 2.05) is 6.07 Å². The summed E-state index contributed by atoms with van der Waals surface area (Å²) in [5.41, 5.74) is 8.45. The zero-order valence-electron chi connectivity index (χ0n) is 21.9. The molecule has 1 aromatic rings. The van der Waals surface area contributed by atoms with E-state index in [9.17, 15) is 24.0 Å². The van der Waals surface area contributed by atoms with Crippen LogP contribution in [0.15, 0.2) is 30.3 Å². The van der Waals surface area contributed by atoms with Gasteiger partial charge < -0.3 is 31.1 Å². The van der Waals surface area contributed by atoms with E-state index in [0.717, 1.165) is 5.56 Å². The average molecular weight is 517 g/mol. The molecule has 0 aliphatic rings. The quantitative estimate of drug-likeness (QED) is 0.134. The first-order chi connectivity index (χ1) is 17.3. The van der Waals surface area contributed by atoms with Gasteiger partial charge in [0, 0.05) is 12.8 Å².